The highest BCUT2D eigenvalue weighted by Gasteiger charge is 2.05. The van der Waals surface area contributed by atoms with Crippen LogP contribution in [-0.2, 0) is 0 Å². The number of nitrogens with zero attached hydrogens (tertiary/aromatic N) is 1. The third-order valence-corrected chi connectivity index (χ3v) is 2.16. The van der Waals surface area contributed by atoms with Crippen LogP contribution >= 0.6 is 35.4 Å². The van der Waals surface area contributed by atoms with Gasteiger partial charge in [-0.15, -0.1) is 0 Å². The van der Waals surface area contributed by atoms with Crippen molar-refractivity contribution < 1.29 is 4.74 Å². The molecule has 0 unspecified atom stereocenters. The zero-order valence-electron chi connectivity index (χ0n) is 7.17. The Labute approximate surface area is 97.5 Å². The molecule has 0 spiro atoms. The zero-order valence-corrected chi connectivity index (χ0v) is 9.49. The lowest BCUT2D eigenvalue weighted by molar-refractivity contribution is 0.329. The highest BCUT2D eigenvalue weighted by Crippen LogP contribution is 2.32. The molecule has 1 aromatic carbocycles. The van der Waals surface area contributed by atoms with Gasteiger partial charge >= 0.3 is 0 Å². The van der Waals surface area contributed by atoms with Crippen LogP contribution in [0.15, 0.2) is 23.2 Å². The molecule has 0 atom stereocenters. The minimum Gasteiger partial charge on any atom is -0.488 e. The van der Waals surface area contributed by atoms with Crippen LogP contribution in [0.2, 0.25) is 10.0 Å². The third-order valence-electron chi connectivity index (χ3n) is 1.43. The number of benzene rings is 1. The average molecular weight is 248 g/mol. The molecule has 1 aromatic rings. The first-order valence-electron chi connectivity index (χ1n) is 3.86. The molecule has 0 saturated carbocycles. The summed E-state index contributed by atoms with van der Waals surface area (Å²) < 4.78 is 5.33. The lowest BCUT2D eigenvalue weighted by atomic mass is 10.3. The van der Waals surface area contributed by atoms with Crippen LogP contribution < -0.4 is 4.74 Å². The fourth-order valence-electron chi connectivity index (χ4n) is 0.859. The molecule has 0 aliphatic rings. The zero-order chi connectivity index (χ0) is 10.4. The minimum absolute atomic E-state index is 0.382. The molecule has 74 valence electrons. The summed E-state index contributed by atoms with van der Waals surface area (Å²) in [6, 6.07) is 5.18. The summed E-state index contributed by atoms with van der Waals surface area (Å²) in [4.78, 5) is 3.70. The number of isothiocyanates is 1. The van der Waals surface area contributed by atoms with Crippen LogP contribution in [0.4, 0.5) is 0 Å². The molecule has 0 N–H and O–H groups in total. The van der Waals surface area contributed by atoms with E-state index in [4.69, 9.17) is 27.9 Å². The third kappa shape index (κ3) is 3.28. The van der Waals surface area contributed by atoms with Crippen molar-refractivity contribution in [2.24, 2.45) is 4.99 Å². The predicted molar refractivity (Wildman–Crippen MR) is 61.9 cm³/mol. The highest BCUT2D eigenvalue weighted by molar-refractivity contribution is 7.78. The standard InChI is InChI=1S/C9H7Cl2NOS/c10-7-2-1-3-8(11)9(7)13-5-4-12-6-14/h1-3H,4-5H2. The Hall–Kier alpha value is -0.600. The number of thiocarbonyl (C=S) groups is 1. The van der Waals surface area contributed by atoms with Crippen molar-refractivity contribution in [2.75, 3.05) is 13.2 Å². The van der Waals surface area contributed by atoms with Crippen LogP contribution in [0, 0.1) is 0 Å². The summed E-state index contributed by atoms with van der Waals surface area (Å²) in [5.41, 5.74) is 0. The molecule has 0 aromatic heterocycles. The van der Waals surface area contributed by atoms with E-state index in [1.165, 1.54) is 0 Å². The fourth-order valence-corrected chi connectivity index (χ4v) is 1.46. The van der Waals surface area contributed by atoms with Gasteiger partial charge in [-0.05, 0) is 24.4 Å². The van der Waals surface area contributed by atoms with Gasteiger partial charge in [-0.1, -0.05) is 29.3 Å². The second-order valence-corrected chi connectivity index (χ2v) is 3.37. The van der Waals surface area contributed by atoms with E-state index in [0.717, 1.165) is 0 Å². The summed E-state index contributed by atoms with van der Waals surface area (Å²) in [6.45, 7) is 0.831. The summed E-state index contributed by atoms with van der Waals surface area (Å²) >= 11 is 16.1. The Morgan fingerprint density at radius 2 is 2.00 bits per heavy atom. The van der Waals surface area contributed by atoms with E-state index in [1.807, 2.05) is 0 Å². The van der Waals surface area contributed by atoms with Gasteiger partial charge in [0, 0.05) is 0 Å². The number of rotatable bonds is 4. The van der Waals surface area contributed by atoms with E-state index in [2.05, 4.69) is 22.4 Å². The molecular formula is C9H7Cl2NOS. The lowest BCUT2D eigenvalue weighted by Gasteiger charge is -2.07. The Bertz CT molecular complexity index is 344. The topological polar surface area (TPSA) is 21.6 Å². The first kappa shape index (κ1) is 11.5. The second-order valence-electron chi connectivity index (χ2n) is 2.37. The smallest absolute Gasteiger partial charge is 0.156 e. The molecule has 0 aliphatic heterocycles. The highest BCUT2D eigenvalue weighted by atomic mass is 35.5. The van der Waals surface area contributed by atoms with Crippen molar-refractivity contribution in [1.29, 1.82) is 0 Å². The van der Waals surface area contributed by atoms with Crippen molar-refractivity contribution in [3.05, 3.63) is 28.2 Å². The van der Waals surface area contributed by atoms with Gasteiger partial charge in [-0.25, -0.2) is 4.99 Å². The number of aliphatic imine (C=N–C) groups is 1. The Balaban J connectivity index is 2.61. The van der Waals surface area contributed by atoms with Crippen LogP contribution in [0.5, 0.6) is 5.75 Å². The van der Waals surface area contributed by atoms with Crippen LogP contribution in [0.25, 0.3) is 0 Å². The van der Waals surface area contributed by atoms with Gasteiger partial charge in [0.05, 0.1) is 21.8 Å². The van der Waals surface area contributed by atoms with E-state index >= 15 is 0 Å². The first-order chi connectivity index (χ1) is 6.75. The number of ether oxygens (including phenoxy) is 1. The molecule has 14 heavy (non-hydrogen) atoms. The van der Waals surface area contributed by atoms with E-state index < -0.39 is 0 Å². The molecule has 0 heterocycles. The van der Waals surface area contributed by atoms with E-state index in [0.29, 0.717) is 28.9 Å². The van der Waals surface area contributed by atoms with Crippen LogP contribution in [0.1, 0.15) is 0 Å². The summed E-state index contributed by atoms with van der Waals surface area (Å²) in [5, 5.41) is 3.22. The van der Waals surface area contributed by atoms with Crippen molar-refractivity contribution in [1.82, 2.24) is 0 Å². The maximum absolute atomic E-state index is 5.87. The largest absolute Gasteiger partial charge is 0.488 e. The number of para-hydroxylation sites is 1. The van der Waals surface area contributed by atoms with Crippen molar-refractivity contribution >= 4 is 40.6 Å². The molecule has 0 saturated heterocycles. The van der Waals surface area contributed by atoms with E-state index in [1.54, 1.807) is 18.2 Å². The normalized spacial score (nSPS) is 9.29. The molecule has 0 radical (unpaired) electrons. The molecule has 0 bridgehead atoms. The van der Waals surface area contributed by atoms with Crippen molar-refractivity contribution in [3.63, 3.8) is 0 Å². The summed E-state index contributed by atoms with van der Waals surface area (Å²) in [6.07, 6.45) is 0. The molecule has 0 amide bonds. The Morgan fingerprint density at radius 1 is 1.36 bits per heavy atom. The predicted octanol–water partition coefficient (Wildman–Crippen LogP) is 3.48. The Kier molecular flexibility index (Phi) is 4.91. The van der Waals surface area contributed by atoms with Crippen LogP contribution in [-0.4, -0.2) is 18.3 Å². The van der Waals surface area contributed by atoms with Crippen molar-refractivity contribution in [3.8, 4) is 5.75 Å². The molecule has 1 rings (SSSR count). The van der Waals surface area contributed by atoms with Crippen LogP contribution in [0.3, 0.4) is 0 Å². The van der Waals surface area contributed by atoms with Gasteiger partial charge in [0.15, 0.2) is 5.75 Å². The quantitative estimate of drug-likeness (QED) is 0.462. The van der Waals surface area contributed by atoms with E-state index in [9.17, 15) is 0 Å². The number of hydrogen-bond donors (Lipinski definition) is 0. The fraction of sp³-hybridized carbons (Fsp3) is 0.222. The van der Waals surface area contributed by atoms with Gasteiger partial charge in [0.1, 0.15) is 6.61 Å². The van der Waals surface area contributed by atoms with Gasteiger partial charge in [-0.3, -0.25) is 0 Å². The first-order valence-corrected chi connectivity index (χ1v) is 5.02. The SMILES string of the molecule is S=C=NCCOc1c(Cl)cccc1Cl. The second kappa shape index (κ2) is 5.99. The number of hydrogen-bond acceptors (Lipinski definition) is 3. The van der Waals surface area contributed by atoms with E-state index in [-0.39, 0.29) is 0 Å². The summed E-state index contributed by atoms with van der Waals surface area (Å²) in [5.74, 6) is 0.482. The minimum atomic E-state index is 0.382. The van der Waals surface area contributed by atoms with Gasteiger partial charge < -0.3 is 4.74 Å². The van der Waals surface area contributed by atoms with Gasteiger partial charge in [0.2, 0.25) is 0 Å². The monoisotopic (exact) mass is 247 g/mol. The van der Waals surface area contributed by atoms with Crippen molar-refractivity contribution in [2.45, 2.75) is 0 Å². The molecule has 0 fully saturated rings. The molecule has 5 heteroatoms. The molecule has 0 aliphatic carbocycles. The summed E-state index contributed by atoms with van der Waals surface area (Å²) in [7, 11) is 0. The Morgan fingerprint density at radius 3 is 2.57 bits per heavy atom. The van der Waals surface area contributed by atoms with Gasteiger partial charge in [-0.2, -0.15) is 0 Å². The average Bonchev–Trinajstić information content (AvgIpc) is 2.16. The lowest BCUT2D eigenvalue weighted by Crippen LogP contribution is -2.01. The number of halogens is 2. The maximum atomic E-state index is 5.87. The van der Waals surface area contributed by atoms with Gasteiger partial charge in [0.25, 0.3) is 0 Å². The maximum Gasteiger partial charge on any atom is 0.156 e. The molecular weight excluding hydrogens is 241 g/mol. The molecule has 2 nitrogen and oxygen atoms in total.